The van der Waals surface area contributed by atoms with Crippen LogP contribution in [0.2, 0.25) is 0 Å². The van der Waals surface area contributed by atoms with Gasteiger partial charge in [0.1, 0.15) is 23.2 Å². The number of ether oxygens (including phenoxy) is 4. The zero-order valence-electron chi connectivity index (χ0n) is 25.4. The lowest BCUT2D eigenvalue weighted by atomic mass is 9.84. The third kappa shape index (κ3) is 7.11. The average molecular weight is 582 g/mol. The molecule has 3 atom stereocenters. The van der Waals surface area contributed by atoms with E-state index in [0.717, 1.165) is 33.2 Å². The average Bonchev–Trinajstić information content (AvgIpc) is 3.00. The third-order valence-corrected chi connectivity index (χ3v) is 7.72. The van der Waals surface area contributed by atoms with Crippen molar-refractivity contribution in [1.82, 2.24) is 4.90 Å². The maximum Gasteiger partial charge on any atom is 0.410 e. The second kappa shape index (κ2) is 12.8. The molecule has 0 radical (unpaired) electrons. The van der Waals surface area contributed by atoms with E-state index in [0.29, 0.717) is 18.7 Å². The first-order valence-corrected chi connectivity index (χ1v) is 14.7. The van der Waals surface area contributed by atoms with Gasteiger partial charge in [-0.3, -0.25) is 4.90 Å². The van der Waals surface area contributed by atoms with Gasteiger partial charge in [-0.15, -0.1) is 0 Å². The molecule has 1 heterocycles. The normalized spacial score (nSPS) is 16.9. The van der Waals surface area contributed by atoms with Crippen molar-refractivity contribution in [3.05, 3.63) is 108 Å². The van der Waals surface area contributed by atoms with Crippen LogP contribution in [0, 0.1) is 0 Å². The van der Waals surface area contributed by atoms with E-state index in [2.05, 4.69) is 35.1 Å². The summed E-state index contributed by atoms with van der Waals surface area (Å²) in [4.78, 5) is 27.0. The number of benzene rings is 4. The summed E-state index contributed by atoms with van der Waals surface area (Å²) in [5.74, 6) is 0.998. The SMILES string of the molecule is COC(=O)COc1ccc(C2C[C@H](CN(C(=O)OC(C)(C)C)[C@H](C)c3cccc4ccccc34)Oc3ccccc32)cc1. The van der Waals surface area contributed by atoms with Gasteiger partial charge in [-0.2, -0.15) is 0 Å². The molecule has 5 rings (SSSR count). The van der Waals surface area contributed by atoms with Gasteiger partial charge < -0.3 is 18.9 Å². The molecule has 0 saturated heterocycles. The van der Waals surface area contributed by atoms with Gasteiger partial charge in [-0.25, -0.2) is 9.59 Å². The number of carbonyl (C=O) groups is 2. The van der Waals surface area contributed by atoms with Crippen molar-refractivity contribution in [1.29, 1.82) is 0 Å². The van der Waals surface area contributed by atoms with Gasteiger partial charge in [0.25, 0.3) is 0 Å². The lowest BCUT2D eigenvalue weighted by Gasteiger charge is -2.38. The monoisotopic (exact) mass is 581 g/mol. The number of hydrogen-bond donors (Lipinski definition) is 0. The molecule has 7 heteroatoms. The Morgan fingerprint density at radius 2 is 1.63 bits per heavy atom. The Kier molecular flexibility index (Phi) is 8.90. The van der Waals surface area contributed by atoms with Crippen LogP contribution in [0.4, 0.5) is 4.79 Å². The fourth-order valence-corrected chi connectivity index (χ4v) is 5.63. The maximum absolute atomic E-state index is 13.8. The number of methoxy groups -OCH3 is 1. The predicted molar refractivity (Wildman–Crippen MR) is 167 cm³/mol. The van der Waals surface area contributed by atoms with E-state index in [1.54, 1.807) is 4.90 Å². The minimum absolute atomic E-state index is 0.0398. The molecule has 0 saturated carbocycles. The molecular weight excluding hydrogens is 542 g/mol. The highest BCUT2D eigenvalue weighted by molar-refractivity contribution is 5.86. The van der Waals surface area contributed by atoms with Crippen LogP contribution in [0.1, 0.15) is 62.8 Å². The Balaban J connectivity index is 1.44. The molecule has 0 spiro atoms. The predicted octanol–water partition coefficient (Wildman–Crippen LogP) is 7.67. The van der Waals surface area contributed by atoms with Crippen LogP contribution in [-0.4, -0.2) is 48.9 Å². The summed E-state index contributed by atoms with van der Waals surface area (Å²) in [6.45, 7) is 7.90. The summed E-state index contributed by atoms with van der Waals surface area (Å²) in [5, 5.41) is 2.23. The van der Waals surface area contributed by atoms with Crippen molar-refractivity contribution in [3.63, 3.8) is 0 Å². The van der Waals surface area contributed by atoms with Crippen molar-refractivity contribution in [2.24, 2.45) is 0 Å². The van der Waals surface area contributed by atoms with Gasteiger partial charge in [0.05, 0.1) is 19.7 Å². The molecule has 1 aliphatic rings. The van der Waals surface area contributed by atoms with Crippen LogP contribution in [0.3, 0.4) is 0 Å². The first kappa shape index (κ1) is 30.0. The minimum Gasteiger partial charge on any atom is -0.488 e. The van der Waals surface area contributed by atoms with Crippen molar-refractivity contribution >= 4 is 22.8 Å². The molecule has 0 fully saturated rings. The summed E-state index contributed by atoms with van der Waals surface area (Å²) in [6.07, 6.45) is 0.0140. The third-order valence-electron chi connectivity index (χ3n) is 7.72. The van der Waals surface area contributed by atoms with Gasteiger partial charge in [0, 0.05) is 11.5 Å². The molecule has 0 aromatic heterocycles. The van der Waals surface area contributed by atoms with Crippen LogP contribution in [0.15, 0.2) is 91.0 Å². The molecule has 4 aromatic carbocycles. The summed E-state index contributed by atoms with van der Waals surface area (Å²) >= 11 is 0. The van der Waals surface area contributed by atoms with Crippen molar-refractivity contribution in [3.8, 4) is 11.5 Å². The highest BCUT2D eigenvalue weighted by Gasteiger charge is 2.35. The number of esters is 1. The fraction of sp³-hybridized carbons (Fsp3) is 0.333. The number of nitrogens with zero attached hydrogens (tertiary/aromatic N) is 1. The number of amides is 1. The Hall–Kier alpha value is -4.52. The maximum atomic E-state index is 13.8. The highest BCUT2D eigenvalue weighted by Crippen LogP contribution is 2.41. The largest absolute Gasteiger partial charge is 0.488 e. The number of fused-ring (bicyclic) bond motifs is 2. The quantitative estimate of drug-likeness (QED) is 0.199. The lowest BCUT2D eigenvalue weighted by Crippen LogP contribution is -2.45. The first-order valence-electron chi connectivity index (χ1n) is 14.7. The highest BCUT2D eigenvalue weighted by atomic mass is 16.6. The molecule has 224 valence electrons. The number of rotatable bonds is 8. The molecule has 1 unspecified atom stereocenters. The molecule has 43 heavy (non-hydrogen) atoms. The second-order valence-electron chi connectivity index (χ2n) is 11.9. The van der Waals surface area contributed by atoms with E-state index in [1.807, 2.05) is 88.4 Å². The van der Waals surface area contributed by atoms with Crippen LogP contribution in [0.25, 0.3) is 10.8 Å². The number of hydrogen-bond acceptors (Lipinski definition) is 6. The first-order chi connectivity index (χ1) is 20.6. The van der Waals surface area contributed by atoms with Gasteiger partial charge in [-0.05, 0) is 74.2 Å². The van der Waals surface area contributed by atoms with Crippen molar-refractivity contribution in [2.75, 3.05) is 20.3 Å². The van der Waals surface area contributed by atoms with Crippen LogP contribution >= 0.6 is 0 Å². The van der Waals surface area contributed by atoms with Gasteiger partial charge in [0.15, 0.2) is 6.61 Å². The molecule has 0 N–H and O–H groups in total. The molecule has 1 amide bonds. The topological polar surface area (TPSA) is 74.3 Å². The second-order valence-corrected chi connectivity index (χ2v) is 11.9. The van der Waals surface area contributed by atoms with E-state index >= 15 is 0 Å². The molecule has 4 aromatic rings. The van der Waals surface area contributed by atoms with E-state index in [1.165, 1.54) is 7.11 Å². The van der Waals surface area contributed by atoms with Gasteiger partial charge >= 0.3 is 12.1 Å². The number of para-hydroxylation sites is 1. The molecule has 7 nitrogen and oxygen atoms in total. The summed E-state index contributed by atoms with van der Waals surface area (Å²) in [6, 6.07) is 30.0. The van der Waals surface area contributed by atoms with E-state index in [4.69, 9.17) is 14.2 Å². The Labute approximate surface area is 253 Å². The molecular formula is C36H39NO6. The zero-order chi connectivity index (χ0) is 30.6. The summed E-state index contributed by atoms with van der Waals surface area (Å²) in [7, 11) is 1.33. The van der Waals surface area contributed by atoms with E-state index in [-0.39, 0.29) is 30.8 Å². The Morgan fingerprint density at radius 3 is 2.37 bits per heavy atom. The minimum atomic E-state index is -0.645. The summed E-state index contributed by atoms with van der Waals surface area (Å²) in [5.41, 5.74) is 2.60. The van der Waals surface area contributed by atoms with Crippen molar-refractivity contribution < 1.29 is 28.5 Å². The Morgan fingerprint density at radius 1 is 0.930 bits per heavy atom. The molecule has 0 bridgehead atoms. The van der Waals surface area contributed by atoms with Gasteiger partial charge in [0.2, 0.25) is 0 Å². The zero-order valence-corrected chi connectivity index (χ0v) is 25.4. The van der Waals surface area contributed by atoms with Gasteiger partial charge in [-0.1, -0.05) is 72.8 Å². The van der Waals surface area contributed by atoms with Crippen LogP contribution in [0.5, 0.6) is 11.5 Å². The standard InChI is InChI=1S/C36H39NO6/c1-24(29-15-10-12-25-11-6-7-13-30(25)29)37(35(39)43-36(2,3)4)22-28-21-32(31-14-8-9-16-33(31)42-28)26-17-19-27(20-18-26)41-23-34(38)40-5/h6-20,24,28,32H,21-23H2,1-5H3/t24-,28-,32?/m1/s1. The van der Waals surface area contributed by atoms with Crippen LogP contribution in [-0.2, 0) is 14.3 Å². The number of carbonyl (C=O) groups excluding carboxylic acids is 2. The van der Waals surface area contributed by atoms with Crippen molar-refractivity contribution in [2.45, 2.75) is 57.8 Å². The Bertz CT molecular complexity index is 1570. The van der Waals surface area contributed by atoms with E-state index < -0.39 is 11.6 Å². The molecule has 0 aliphatic carbocycles. The summed E-state index contributed by atoms with van der Waals surface area (Å²) < 4.78 is 22.7. The molecule has 1 aliphatic heterocycles. The van der Waals surface area contributed by atoms with Crippen LogP contribution < -0.4 is 9.47 Å². The van der Waals surface area contributed by atoms with E-state index in [9.17, 15) is 9.59 Å². The smallest absolute Gasteiger partial charge is 0.410 e. The lowest BCUT2D eigenvalue weighted by molar-refractivity contribution is -0.142. The fourth-order valence-electron chi connectivity index (χ4n) is 5.63.